The number of aromatic nitrogens is 1. The maximum atomic E-state index is 14.9. The number of hydrogen-bond donors (Lipinski definition) is 2. The summed E-state index contributed by atoms with van der Waals surface area (Å²) in [4.78, 5) is 25.7. The van der Waals surface area contributed by atoms with Crippen LogP contribution in [0.1, 0.15) is 42.1 Å². The molecule has 2 aromatic rings. The molecule has 1 aromatic carbocycles. The molecule has 0 unspecified atom stereocenters. The molecular weight excluding hydrogens is 368 g/mol. The van der Waals surface area contributed by atoms with E-state index in [9.17, 15) is 23.5 Å². The number of nitrogens with two attached hydrogens (primary N) is 1. The van der Waals surface area contributed by atoms with Gasteiger partial charge in [0, 0.05) is 37.3 Å². The Labute approximate surface area is 159 Å². The van der Waals surface area contributed by atoms with E-state index in [1.807, 2.05) is 0 Å². The molecule has 0 atom stereocenters. The van der Waals surface area contributed by atoms with Gasteiger partial charge in [0.15, 0.2) is 0 Å². The van der Waals surface area contributed by atoms with Crippen molar-refractivity contribution in [3.63, 3.8) is 0 Å². The second-order valence-electron chi connectivity index (χ2n) is 7.37. The normalized spacial score (nSPS) is 19.2. The lowest BCUT2D eigenvalue weighted by molar-refractivity contribution is 0.0695. The van der Waals surface area contributed by atoms with Gasteiger partial charge in [-0.15, -0.1) is 0 Å². The summed E-state index contributed by atoms with van der Waals surface area (Å²) in [7, 11) is 0. The Hall–Kier alpha value is -2.74. The van der Waals surface area contributed by atoms with Crippen LogP contribution < -0.4 is 16.1 Å². The number of pyridine rings is 1. The molecule has 2 fully saturated rings. The monoisotopic (exact) mass is 389 g/mol. The first-order valence-electron chi connectivity index (χ1n) is 9.33. The third-order valence-corrected chi connectivity index (χ3v) is 5.46. The number of piperidine rings is 1. The summed E-state index contributed by atoms with van der Waals surface area (Å²) >= 11 is 0. The topological polar surface area (TPSA) is 88.6 Å². The third-order valence-electron chi connectivity index (χ3n) is 5.46. The van der Waals surface area contributed by atoms with E-state index in [1.54, 1.807) is 15.5 Å². The van der Waals surface area contributed by atoms with Crippen LogP contribution >= 0.6 is 0 Å². The fourth-order valence-corrected chi connectivity index (χ4v) is 3.85. The van der Waals surface area contributed by atoms with Crippen LogP contribution in [0.25, 0.3) is 10.9 Å². The van der Waals surface area contributed by atoms with Crippen LogP contribution in [-0.4, -0.2) is 35.3 Å². The molecule has 0 radical (unpaired) electrons. The standard InChI is InChI=1S/C20H21F2N3O3/c21-15-6-13-17(25(12-3-4-12)10-14(19(13)26)20(27)28)7-18(15)24-5-1-2-11(9-24)16(22)8-23/h6-7,10,12H,1-5,8-9,23H2,(H,27,28). The SMILES string of the molecule is NCC(F)=C1CCCN(c2cc3c(cc2F)c(=O)c(C(=O)O)cn3C2CC2)C1. The minimum Gasteiger partial charge on any atom is -0.477 e. The Bertz CT molecular complexity index is 1060. The number of rotatable bonds is 4. The molecule has 1 aliphatic heterocycles. The van der Waals surface area contributed by atoms with Gasteiger partial charge in [0.05, 0.1) is 11.2 Å². The number of anilines is 1. The summed E-state index contributed by atoms with van der Waals surface area (Å²) in [5.74, 6) is -2.32. The van der Waals surface area contributed by atoms with Crippen LogP contribution in [0.4, 0.5) is 14.5 Å². The number of aromatic carboxylic acids is 1. The fourth-order valence-electron chi connectivity index (χ4n) is 3.85. The number of benzene rings is 1. The van der Waals surface area contributed by atoms with Crippen molar-refractivity contribution in [2.45, 2.75) is 31.7 Å². The first kappa shape index (κ1) is 18.6. The first-order valence-corrected chi connectivity index (χ1v) is 9.33. The van der Waals surface area contributed by atoms with Crippen LogP contribution in [0.15, 0.2) is 34.5 Å². The second-order valence-corrected chi connectivity index (χ2v) is 7.37. The summed E-state index contributed by atoms with van der Waals surface area (Å²) in [5, 5.41) is 9.37. The highest BCUT2D eigenvalue weighted by molar-refractivity contribution is 5.93. The number of halogens is 2. The van der Waals surface area contributed by atoms with Crippen LogP contribution in [0.5, 0.6) is 0 Å². The van der Waals surface area contributed by atoms with Crippen LogP contribution in [0.2, 0.25) is 0 Å². The Morgan fingerprint density at radius 2 is 2.07 bits per heavy atom. The summed E-state index contributed by atoms with van der Waals surface area (Å²) in [6.07, 6.45) is 4.36. The van der Waals surface area contributed by atoms with Crippen molar-refractivity contribution in [3.05, 3.63) is 51.3 Å². The van der Waals surface area contributed by atoms with Crippen LogP contribution in [0.3, 0.4) is 0 Å². The molecule has 2 heterocycles. The molecule has 0 amide bonds. The molecule has 0 spiro atoms. The summed E-state index contributed by atoms with van der Waals surface area (Å²) < 4.78 is 30.6. The lowest BCUT2D eigenvalue weighted by Gasteiger charge is -2.31. The Morgan fingerprint density at radius 3 is 2.71 bits per heavy atom. The summed E-state index contributed by atoms with van der Waals surface area (Å²) in [6, 6.07) is 2.79. The number of carboxylic acid groups (broad SMARTS) is 1. The summed E-state index contributed by atoms with van der Waals surface area (Å²) in [6.45, 7) is 0.625. The van der Waals surface area contributed by atoms with E-state index in [0.29, 0.717) is 30.5 Å². The number of hydrogen-bond acceptors (Lipinski definition) is 4. The van der Waals surface area contributed by atoms with Gasteiger partial charge in [-0.25, -0.2) is 13.6 Å². The predicted molar refractivity (Wildman–Crippen MR) is 102 cm³/mol. The van der Waals surface area contributed by atoms with Crippen molar-refractivity contribution in [2.75, 3.05) is 24.5 Å². The molecular formula is C20H21F2N3O3. The highest BCUT2D eigenvalue weighted by Gasteiger charge is 2.28. The van der Waals surface area contributed by atoms with Crippen molar-refractivity contribution in [2.24, 2.45) is 5.73 Å². The maximum absolute atomic E-state index is 14.9. The molecule has 8 heteroatoms. The smallest absolute Gasteiger partial charge is 0.341 e. The first-order chi connectivity index (χ1) is 13.4. The van der Waals surface area contributed by atoms with Gasteiger partial charge in [0.1, 0.15) is 17.2 Å². The molecule has 1 aromatic heterocycles. The lowest BCUT2D eigenvalue weighted by atomic mass is 10.0. The minimum atomic E-state index is -1.33. The summed E-state index contributed by atoms with van der Waals surface area (Å²) in [5.41, 5.74) is 5.69. The van der Waals surface area contributed by atoms with Gasteiger partial charge in [-0.2, -0.15) is 0 Å². The van der Waals surface area contributed by atoms with Gasteiger partial charge in [-0.05, 0) is 43.4 Å². The molecule has 2 aliphatic rings. The van der Waals surface area contributed by atoms with Crippen molar-refractivity contribution >= 4 is 22.6 Å². The number of nitrogens with zero attached hydrogens (tertiary/aromatic N) is 2. The molecule has 1 saturated heterocycles. The van der Waals surface area contributed by atoms with Gasteiger partial charge in [0.2, 0.25) is 5.43 Å². The molecule has 148 valence electrons. The van der Waals surface area contributed by atoms with Gasteiger partial charge in [0.25, 0.3) is 0 Å². The zero-order valence-electron chi connectivity index (χ0n) is 15.3. The second kappa shape index (κ2) is 7.01. The van der Waals surface area contributed by atoms with E-state index < -0.39 is 17.2 Å². The van der Waals surface area contributed by atoms with Crippen LogP contribution in [-0.2, 0) is 0 Å². The maximum Gasteiger partial charge on any atom is 0.341 e. The lowest BCUT2D eigenvalue weighted by Crippen LogP contribution is -2.33. The zero-order chi connectivity index (χ0) is 20.0. The largest absolute Gasteiger partial charge is 0.477 e. The average Bonchev–Trinajstić information content (AvgIpc) is 3.52. The van der Waals surface area contributed by atoms with E-state index >= 15 is 0 Å². The highest BCUT2D eigenvalue weighted by Crippen LogP contribution is 2.38. The third kappa shape index (κ3) is 3.17. The van der Waals surface area contributed by atoms with E-state index in [4.69, 9.17) is 5.73 Å². The van der Waals surface area contributed by atoms with Crippen molar-refractivity contribution in [3.8, 4) is 0 Å². The Kier molecular flexibility index (Phi) is 4.66. The zero-order valence-corrected chi connectivity index (χ0v) is 15.3. The molecule has 28 heavy (non-hydrogen) atoms. The van der Waals surface area contributed by atoms with Gasteiger partial charge in [-0.3, -0.25) is 4.79 Å². The van der Waals surface area contributed by atoms with E-state index in [1.165, 1.54) is 6.20 Å². The average molecular weight is 389 g/mol. The Morgan fingerprint density at radius 1 is 1.32 bits per heavy atom. The number of carbonyl (C=O) groups is 1. The van der Waals surface area contributed by atoms with Gasteiger partial charge in [-0.1, -0.05) is 0 Å². The molecule has 4 rings (SSSR count). The molecule has 3 N–H and O–H groups in total. The van der Waals surface area contributed by atoms with Gasteiger partial charge >= 0.3 is 5.97 Å². The van der Waals surface area contributed by atoms with Crippen molar-refractivity contribution in [1.82, 2.24) is 4.57 Å². The predicted octanol–water partition coefficient (Wildman–Crippen LogP) is 2.96. The van der Waals surface area contributed by atoms with Crippen LogP contribution in [0, 0.1) is 5.82 Å². The number of carboxylic acids is 1. The van der Waals surface area contributed by atoms with E-state index in [-0.39, 0.29) is 41.6 Å². The fraction of sp³-hybridized carbons (Fsp3) is 0.400. The van der Waals surface area contributed by atoms with Crippen molar-refractivity contribution < 1.29 is 18.7 Å². The molecule has 1 saturated carbocycles. The molecule has 0 bridgehead atoms. The highest BCUT2D eigenvalue weighted by atomic mass is 19.1. The van der Waals surface area contributed by atoms with Crippen molar-refractivity contribution in [1.29, 1.82) is 0 Å². The molecule has 1 aliphatic carbocycles. The minimum absolute atomic E-state index is 0.0500. The van der Waals surface area contributed by atoms with E-state index in [2.05, 4.69) is 0 Å². The Balaban J connectivity index is 1.86. The molecule has 6 nitrogen and oxygen atoms in total. The van der Waals surface area contributed by atoms with Gasteiger partial charge < -0.3 is 20.3 Å². The number of fused-ring (bicyclic) bond motifs is 1. The quantitative estimate of drug-likeness (QED) is 0.839. The van der Waals surface area contributed by atoms with E-state index in [0.717, 1.165) is 18.9 Å².